The van der Waals surface area contributed by atoms with Crippen LogP contribution in [0.2, 0.25) is 0 Å². The fourth-order valence-electron chi connectivity index (χ4n) is 5.04. The largest absolute Gasteiger partial charge is 0.479 e. The summed E-state index contributed by atoms with van der Waals surface area (Å²) in [7, 11) is -3.73. The summed E-state index contributed by atoms with van der Waals surface area (Å²) in [6.45, 7) is 3.97. The Bertz CT molecular complexity index is 994. The van der Waals surface area contributed by atoms with Crippen LogP contribution in [0.25, 0.3) is 0 Å². The van der Waals surface area contributed by atoms with E-state index >= 15 is 0 Å². The number of anilines is 1. The Kier molecular flexibility index (Phi) is 7.28. The summed E-state index contributed by atoms with van der Waals surface area (Å²) < 4.78 is 33.8. The number of nitrogens with zero attached hydrogens (tertiary/aromatic N) is 1. The Balaban J connectivity index is 1.39. The summed E-state index contributed by atoms with van der Waals surface area (Å²) in [5.41, 5.74) is 1.04. The number of rotatable bonds is 4. The van der Waals surface area contributed by atoms with Crippen LogP contribution in [0.3, 0.4) is 0 Å². The second-order valence-electron chi connectivity index (χ2n) is 9.59. The van der Waals surface area contributed by atoms with Gasteiger partial charge in [-0.1, -0.05) is 32.1 Å². The molecule has 3 aliphatic rings. The van der Waals surface area contributed by atoms with Crippen molar-refractivity contribution in [3.63, 3.8) is 0 Å². The minimum atomic E-state index is -3.73. The molecular weight excluding hydrogens is 442 g/mol. The van der Waals surface area contributed by atoms with Crippen LogP contribution >= 0.6 is 0 Å². The smallest absolute Gasteiger partial charge is 0.265 e. The van der Waals surface area contributed by atoms with Gasteiger partial charge in [0.25, 0.3) is 5.91 Å². The van der Waals surface area contributed by atoms with E-state index in [1.165, 1.54) is 29.6 Å². The van der Waals surface area contributed by atoms with Crippen molar-refractivity contribution in [2.45, 2.75) is 88.7 Å². The summed E-state index contributed by atoms with van der Waals surface area (Å²) in [5.74, 6) is 0.0311. The Morgan fingerprint density at radius 1 is 1.06 bits per heavy atom. The third kappa shape index (κ3) is 5.35. The summed E-state index contributed by atoms with van der Waals surface area (Å²) >= 11 is 0. The normalized spacial score (nSPS) is 23.6. The molecule has 9 heteroatoms. The molecule has 1 saturated heterocycles. The van der Waals surface area contributed by atoms with Crippen LogP contribution in [0.15, 0.2) is 17.0 Å². The minimum Gasteiger partial charge on any atom is -0.479 e. The Labute approximate surface area is 196 Å². The summed E-state index contributed by atoms with van der Waals surface area (Å²) in [5, 5.41) is 5.99. The molecule has 8 nitrogen and oxygen atoms in total. The van der Waals surface area contributed by atoms with Crippen molar-refractivity contribution in [2.75, 3.05) is 18.4 Å². The fourth-order valence-corrected chi connectivity index (χ4v) is 6.73. The lowest BCUT2D eigenvalue weighted by Crippen LogP contribution is -2.45. The number of hydrogen-bond donors (Lipinski definition) is 2. The topological polar surface area (TPSA) is 105 Å². The lowest BCUT2D eigenvalue weighted by Gasteiger charge is -2.32. The van der Waals surface area contributed by atoms with Gasteiger partial charge in [0.1, 0.15) is 5.75 Å². The molecule has 1 atom stereocenters. The van der Waals surface area contributed by atoms with Gasteiger partial charge in [0, 0.05) is 31.1 Å². The second kappa shape index (κ2) is 10.0. The molecule has 182 valence electrons. The number of benzene rings is 1. The lowest BCUT2D eigenvalue weighted by atomic mass is 9.94. The number of nitrogens with one attached hydrogen (secondary N) is 2. The first-order valence-corrected chi connectivity index (χ1v) is 13.6. The minimum absolute atomic E-state index is 0.0701. The van der Waals surface area contributed by atoms with Gasteiger partial charge in [0.15, 0.2) is 6.10 Å². The van der Waals surface area contributed by atoms with E-state index in [4.69, 9.17) is 4.74 Å². The number of carbonyl (C=O) groups excluding carboxylic acids is 2. The second-order valence-corrected chi connectivity index (χ2v) is 11.5. The first-order chi connectivity index (χ1) is 15.8. The molecule has 2 aliphatic heterocycles. The molecule has 0 spiro atoms. The monoisotopic (exact) mass is 477 g/mol. The summed E-state index contributed by atoms with van der Waals surface area (Å²) in [6.07, 6.45) is 8.52. The molecule has 2 N–H and O–H groups in total. The average Bonchev–Trinajstić information content (AvgIpc) is 2.76. The van der Waals surface area contributed by atoms with Gasteiger partial charge in [0.2, 0.25) is 15.9 Å². The maximum atomic E-state index is 13.4. The van der Waals surface area contributed by atoms with Crippen LogP contribution in [-0.2, 0) is 19.6 Å². The predicted molar refractivity (Wildman–Crippen MR) is 126 cm³/mol. The highest BCUT2D eigenvalue weighted by Crippen LogP contribution is 2.36. The van der Waals surface area contributed by atoms with Gasteiger partial charge in [-0.25, -0.2) is 8.42 Å². The van der Waals surface area contributed by atoms with E-state index in [-0.39, 0.29) is 28.7 Å². The maximum absolute atomic E-state index is 13.4. The maximum Gasteiger partial charge on any atom is 0.265 e. The van der Waals surface area contributed by atoms with E-state index in [1.54, 1.807) is 19.9 Å². The van der Waals surface area contributed by atoms with Crippen molar-refractivity contribution in [1.82, 2.24) is 9.62 Å². The van der Waals surface area contributed by atoms with E-state index in [2.05, 4.69) is 10.6 Å². The molecule has 4 rings (SSSR count). The quantitative estimate of drug-likeness (QED) is 0.692. The molecule has 2 heterocycles. The molecule has 0 bridgehead atoms. The van der Waals surface area contributed by atoms with E-state index < -0.39 is 16.1 Å². The lowest BCUT2D eigenvalue weighted by molar-refractivity contribution is -0.127. The molecule has 1 aromatic rings. The van der Waals surface area contributed by atoms with Gasteiger partial charge >= 0.3 is 0 Å². The first-order valence-electron chi connectivity index (χ1n) is 12.2. The number of ether oxygens (including phenoxy) is 1. The number of piperidine rings is 1. The standard InChI is InChI=1S/C24H35N3O5S/c1-16-14-20-21(32-17(2)23(28)26-20)15-22(16)33(30,31)27-12-10-18(11-13-27)24(29)25-19-8-6-4-3-5-7-9-19/h14-15,17-19H,3-13H2,1-2H3,(H,25,29)(H,26,28). The molecule has 2 fully saturated rings. The number of amides is 2. The van der Waals surface area contributed by atoms with E-state index in [9.17, 15) is 18.0 Å². The van der Waals surface area contributed by atoms with E-state index in [1.807, 2.05) is 0 Å². The fraction of sp³-hybridized carbons (Fsp3) is 0.667. The molecule has 2 amide bonds. The molecule has 1 aromatic carbocycles. The van der Waals surface area contributed by atoms with E-state index in [0.29, 0.717) is 42.9 Å². The van der Waals surface area contributed by atoms with Gasteiger partial charge < -0.3 is 15.4 Å². The van der Waals surface area contributed by atoms with Crippen LogP contribution in [-0.4, -0.2) is 49.8 Å². The molecule has 1 unspecified atom stereocenters. The van der Waals surface area contributed by atoms with Crippen molar-refractivity contribution < 1.29 is 22.7 Å². The highest BCUT2D eigenvalue weighted by Gasteiger charge is 2.35. The number of carbonyl (C=O) groups is 2. The molecule has 33 heavy (non-hydrogen) atoms. The molecule has 1 aliphatic carbocycles. The Morgan fingerprint density at radius 3 is 2.36 bits per heavy atom. The zero-order valence-electron chi connectivity index (χ0n) is 19.6. The number of sulfonamides is 1. The predicted octanol–water partition coefficient (Wildman–Crippen LogP) is 3.34. The number of hydrogen-bond acceptors (Lipinski definition) is 5. The average molecular weight is 478 g/mol. The third-order valence-corrected chi connectivity index (χ3v) is 9.14. The van der Waals surface area contributed by atoms with Crippen LogP contribution in [0.4, 0.5) is 5.69 Å². The first kappa shape index (κ1) is 24.0. The van der Waals surface area contributed by atoms with Crippen molar-refractivity contribution >= 4 is 27.5 Å². The van der Waals surface area contributed by atoms with Crippen LogP contribution in [0, 0.1) is 12.8 Å². The van der Waals surface area contributed by atoms with Crippen molar-refractivity contribution in [3.8, 4) is 5.75 Å². The number of aryl methyl sites for hydroxylation is 1. The van der Waals surface area contributed by atoms with Gasteiger partial charge in [-0.3, -0.25) is 9.59 Å². The Morgan fingerprint density at radius 2 is 1.70 bits per heavy atom. The summed E-state index contributed by atoms with van der Waals surface area (Å²) in [6, 6.07) is 3.39. The SMILES string of the molecule is Cc1cc2c(cc1S(=O)(=O)N1CCC(C(=O)NC3CCCCCCC3)CC1)OC(C)C(=O)N2. The summed E-state index contributed by atoms with van der Waals surface area (Å²) in [4.78, 5) is 24.9. The zero-order valence-corrected chi connectivity index (χ0v) is 20.4. The highest BCUT2D eigenvalue weighted by molar-refractivity contribution is 7.89. The third-order valence-electron chi connectivity index (χ3n) is 7.10. The van der Waals surface area contributed by atoms with Gasteiger partial charge in [-0.05, 0) is 51.2 Å². The molecule has 1 saturated carbocycles. The zero-order chi connectivity index (χ0) is 23.6. The molecule has 0 radical (unpaired) electrons. The van der Waals surface area contributed by atoms with Crippen LogP contribution < -0.4 is 15.4 Å². The Hall–Kier alpha value is -2.13. The molecule has 0 aromatic heterocycles. The van der Waals surface area contributed by atoms with Crippen molar-refractivity contribution in [3.05, 3.63) is 17.7 Å². The van der Waals surface area contributed by atoms with Crippen molar-refractivity contribution in [1.29, 1.82) is 0 Å². The van der Waals surface area contributed by atoms with E-state index in [0.717, 1.165) is 25.7 Å². The van der Waals surface area contributed by atoms with Gasteiger partial charge in [0.05, 0.1) is 10.6 Å². The van der Waals surface area contributed by atoms with Gasteiger partial charge in [-0.2, -0.15) is 4.31 Å². The van der Waals surface area contributed by atoms with Gasteiger partial charge in [-0.15, -0.1) is 0 Å². The molecular formula is C24H35N3O5S. The number of fused-ring (bicyclic) bond motifs is 1. The highest BCUT2D eigenvalue weighted by atomic mass is 32.2. The van der Waals surface area contributed by atoms with Crippen LogP contribution in [0.1, 0.15) is 70.3 Å². The van der Waals surface area contributed by atoms with Crippen molar-refractivity contribution in [2.24, 2.45) is 5.92 Å². The van der Waals surface area contributed by atoms with Crippen LogP contribution in [0.5, 0.6) is 5.75 Å².